The molecule has 1 fully saturated rings. The van der Waals surface area contributed by atoms with Gasteiger partial charge in [0.25, 0.3) is 0 Å². The molecule has 0 amide bonds. The molecule has 0 saturated carbocycles. The summed E-state index contributed by atoms with van der Waals surface area (Å²) in [6, 6.07) is 48.8. The number of nitrogens with zero attached hydrogens (tertiary/aromatic N) is 2. The first-order valence-electron chi connectivity index (χ1n) is 15.5. The van der Waals surface area contributed by atoms with Crippen LogP contribution < -0.4 is 9.80 Å². The van der Waals surface area contributed by atoms with Gasteiger partial charge in [-0.1, -0.05) is 134 Å². The minimum Gasteiger partial charge on any atom is -0.357 e. The second-order valence-corrected chi connectivity index (χ2v) is 11.8. The van der Waals surface area contributed by atoms with Crippen LogP contribution in [-0.2, 0) is 0 Å². The quantitative estimate of drug-likeness (QED) is 0.202. The fourth-order valence-electron chi connectivity index (χ4n) is 7.14. The van der Waals surface area contributed by atoms with Gasteiger partial charge in [-0.05, 0) is 70.8 Å². The highest BCUT2D eigenvalue weighted by Crippen LogP contribution is 2.45. The van der Waals surface area contributed by atoms with Crippen molar-refractivity contribution in [2.24, 2.45) is 11.8 Å². The van der Waals surface area contributed by atoms with E-state index in [0.717, 1.165) is 17.1 Å². The van der Waals surface area contributed by atoms with Crippen molar-refractivity contribution in [1.82, 2.24) is 0 Å². The summed E-state index contributed by atoms with van der Waals surface area (Å²) in [6.07, 6.45) is 18.4. The van der Waals surface area contributed by atoms with E-state index in [1.807, 2.05) is 0 Å². The minimum atomic E-state index is 0.368. The van der Waals surface area contributed by atoms with Gasteiger partial charge in [-0.2, -0.15) is 0 Å². The molecule has 0 bridgehead atoms. The number of fused-ring (bicyclic) bond motifs is 3. The number of rotatable bonds is 6. The molecule has 1 saturated heterocycles. The lowest BCUT2D eigenvalue weighted by atomic mass is 9.83. The maximum absolute atomic E-state index is 2.61. The summed E-state index contributed by atoms with van der Waals surface area (Å²) in [6.45, 7) is 0. The van der Waals surface area contributed by atoms with Crippen molar-refractivity contribution in [3.05, 3.63) is 182 Å². The Bertz CT molecular complexity index is 1830. The van der Waals surface area contributed by atoms with Crippen molar-refractivity contribution >= 4 is 22.7 Å². The zero-order chi connectivity index (χ0) is 29.3. The summed E-state index contributed by atoms with van der Waals surface area (Å²) >= 11 is 0. The normalized spacial score (nSPS) is 21.2. The summed E-state index contributed by atoms with van der Waals surface area (Å²) in [4.78, 5) is 4.94. The Morgan fingerprint density at radius 1 is 0.386 bits per heavy atom. The van der Waals surface area contributed by atoms with Gasteiger partial charge in [0.05, 0.1) is 12.1 Å². The van der Waals surface area contributed by atoms with Gasteiger partial charge in [-0.15, -0.1) is 0 Å². The Labute approximate surface area is 260 Å². The summed E-state index contributed by atoms with van der Waals surface area (Å²) in [7, 11) is 0. The monoisotopic (exact) mass is 566 g/mol. The van der Waals surface area contributed by atoms with Gasteiger partial charge in [0, 0.05) is 34.6 Å². The first kappa shape index (κ1) is 26.3. The molecule has 4 unspecified atom stereocenters. The predicted molar refractivity (Wildman–Crippen MR) is 186 cm³/mol. The molecule has 1 aliphatic heterocycles. The van der Waals surface area contributed by atoms with Crippen LogP contribution in [0.3, 0.4) is 0 Å². The van der Waals surface area contributed by atoms with Gasteiger partial charge in [-0.25, -0.2) is 0 Å². The molecule has 5 aromatic rings. The zero-order valence-corrected chi connectivity index (χ0v) is 24.5. The maximum atomic E-state index is 2.61. The van der Waals surface area contributed by atoms with Crippen LogP contribution in [-0.4, -0.2) is 12.1 Å². The molecule has 0 N–H and O–H groups in total. The third-order valence-corrected chi connectivity index (χ3v) is 9.23. The van der Waals surface area contributed by atoms with Crippen LogP contribution in [0.15, 0.2) is 182 Å². The molecule has 1 heterocycles. The van der Waals surface area contributed by atoms with E-state index in [4.69, 9.17) is 0 Å². The van der Waals surface area contributed by atoms with Crippen molar-refractivity contribution in [2.45, 2.75) is 12.1 Å². The van der Waals surface area contributed by atoms with Gasteiger partial charge < -0.3 is 9.80 Å². The first-order chi connectivity index (χ1) is 21.8. The molecule has 5 aromatic carbocycles. The van der Waals surface area contributed by atoms with E-state index >= 15 is 0 Å². The van der Waals surface area contributed by atoms with Crippen LogP contribution in [0, 0.1) is 11.8 Å². The van der Waals surface area contributed by atoms with E-state index in [1.54, 1.807) is 0 Å². The van der Waals surface area contributed by atoms with Gasteiger partial charge in [0.1, 0.15) is 0 Å². The van der Waals surface area contributed by atoms with Crippen LogP contribution in [0.25, 0.3) is 22.3 Å². The Morgan fingerprint density at radius 3 is 1.43 bits per heavy atom. The molecule has 44 heavy (non-hydrogen) atoms. The van der Waals surface area contributed by atoms with Crippen LogP contribution in [0.2, 0.25) is 0 Å². The van der Waals surface area contributed by atoms with E-state index in [0.29, 0.717) is 23.9 Å². The molecule has 0 radical (unpaired) electrons. The van der Waals surface area contributed by atoms with Crippen molar-refractivity contribution in [3.63, 3.8) is 0 Å². The Morgan fingerprint density at radius 2 is 0.841 bits per heavy atom. The molecule has 2 nitrogen and oxygen atoms in total. The second kappa shape index (κ2) is 11.4. The molecule has 0 aromatic heterocycles. The lowest BCUT2D eigenvalue weighted by molar-refractivity contribution is 0.527. The second-order valence-electron chi connectivity index (χ2n) is 11.8. The number of hydrogen-bond acceptors (Lipinski definition) is 2. The lowest BCUT2D eigenvalue weighted by Gasteiger charge is -2.32. The maximum Gasteiger partial charge on any atom is 0.0551 e. The van der Waals surface area contributed by atoms with Gasteiger partial charge in [-0.3, -0.25) is 0 Å². The average molecular weight is 567 g/mol. The van der Waals surface area contributed by atoms with E-state index < -0.39 is 0 Å². The van der Waals surface area contributed by atoms with Crippen LogP contribution in [0.4, 0.5) is 22.7 Å². The van der Waals surface area contributed by atoms with Crippen molar-refractivity contribution in [2.75, 3.05) is 9.80 Å². The summed E-state index contributed by atoms with van der Waals surface area (Å²) in [5.74, 6) is 1.000. The molecule has 2 aliphatic carbocycles. The molecular formula is C42H34N2. The SMILES string of the molecule is C1=CC2C3C=CC=CC3N(c3cccc(-c4ccc(N(c5ccccc5)c5ccc(-c6ccccc6)cc5)cc4)c3)C2C=C1. The minimum absolute atomic E-state index is 0.368. The summed E-state index contributed by atoms with van der Waals surface area (Å²) in [5.41, 5.74) is 9.57. The van der Waals surface area contributed by atoms with Crippen molar-refractivity contribution in [3.8, 4) is 22.3 Å². The number of anilines is 4. The molecule has 2 heteroatoms. The van der Waals surface area contributed by atoms with Crippen LogP contribution >= 0.6 is 0 Å². The fraction of sp³-hybridized carbons (Fsp3) is 0.0952. The zero-order valence-electron chi connectivity index (χ0n) is 24.5. The molecule has 212 valence electrons. The summed E-state index contributed by atoms with van der Waals surface area (Å²) in [5, 5.41) is 0. The van der Waals surface area contributed by atoms with Crippen LogP contribution in [0.5, 0.6) is 0 Å². The number of allylic oxidation sites excluding steroid dienone is 4. The predicted octanol–water partition coefficient (Wildman–Crippen LogP) is 10.5. The Balaban J connectivity index is 1.11. The highest BCUT2D eigenvalue weighted by Gasteiger charge is 2.45. The Kier molecular flexibility index (Phi) is 6.81. The largest absolute Gasteiger partial charge is 0.357 e. The van der Waals surface area contributed by atoms with Gasteiger partial charge in [0.15, 0.2) is 0 Å². The topological polar surface area (TPSA) is 6.48 Å². The number of para-hydroxylation sites is 1. The molecule has 4 atom stereocenters. The van der Waals surface area contributed by atoms with Gasteiger partial charge in [0.2, 0.25) is 0 Å². The van der Waals surface area contributed by atoms with E-state index in [-0.39, 0.29) is 0 Å². The van der Waals surface area contributed by atoms with Gasteiger partial charge >= 0.3 is 0 Å². The first-order valence-corrected chi connectivity index (χ1v) is 15.5. The average Bonchev–Trinajstić information content (AvgIpc) is 3.44. The van der Waals surface area contributed by atoms with E-state index in [1.165, 1.54) is 27.9 Å². The molecule has 0 spiro atoms. The molecule has 3 aliphatic rings. The number of benzene rings is 5. The standard InChI is InChI=1S/C42H34N2/c1-3-12-31(13-4-1)32-22-26-36(27-23-32)43(35-15-5-2-6-16-35)37-28-24-33(25-29-37)34-14-11-17-38(30-34)44-41-20-9-7-18-39(41)40-19-8-10-21-42(40)44/h1-30,39-42H. The fourth-order valence-corrected chi connectivity index (χ4v) is 7.14. The highest BCUT2D eigenvalue weighted by molar-refractivity contribution is 5.80. The summed E-state index contributed by atoms with van der Waals surface area (Å²) < 4.78 is 0. The van der Waals surface area contributed by atoms with Crippen LogP contribution in [0.1, 0.15) is 0 Å². The smallest absolute Gasteiger partial charge is 0.0551 e. The lowest BCUT2D eigenvalue weighted by Crippen LogP contribution is -2.36. The number of hydrogen-bond donors (Lipinski definition) is 0. The third kappa shape index (κ3) is 4.79. The molecular weight excluding hydrogens is 532 g/mol. The van der Waals surface area contributed by atoms with Crippen molar-refractivity contribution in [1.29, 1.82) is 0 Å². The molecule has 8 rings (SSSR count). The van der Waals surface area contributed by atoms with E-state index in [2.05, 4.69) is 192 Å². The van der Waals surface area contributed by atoms with E-state index in [9.17, 15) is 0 Å². The third-order valence-electron chi connectivity index (χ3n) is 9.23. The highest BCUT2D eigenvalue weighted by atomic mass is 15.2. The van der Waals surface area contributed by atoms with Crippen molar-refractivity contribution < 1.29 is 0 Å². The Hall–Kier alpha value is -5.34.